The number of methoxy groups -OCH3 is 1. The smallest absolute Gasteiger partial charge is 0.352 e. The number of hydrogen-bond acceptors (Lipinski definition) is 6. The van der Waals surface area contributed by atoms with E-state index < -0.39 is 23.5 Å². The summed E-state index contributed by atoms with van der Waals surface area (Å²) in [5.74, 6) is -0.661. The van der Waals surface area contributed by atoms with Crippen LogP contribution in [0, 0.1) is 18.7 Å². The van der Waals surface area contributed by atoms with E-state index in [0.29, 0.717) is 24.4 Å². The number of ether oxygens (including phenoxy) is 1. The first-order chi connectivity index (χ1) is 18.7. The summed E-state index contributed by atoms with van der Waals surface area (Å²) in [6, 6.07) is 13.2. The molecule has 0 aliphatic carbocycles. The Morgan fingerprint density at radius 2 is 1.92 bits per heavy atom. The Kier molecular flexibility index (Phi) is 8.66. The summed E-state index contributed by atoms with van der Waals surface area (Å²) in [5, 5.41) is 4.29. The average Bonchev–Trinajstić information content (AvgIpc) is 3.25. The van der Waals surface area contributed by atoms with Crippen LogP contribution in [0.3, 0.4) is 0 Å². The fourth-order valence-electron chi connectivity index (χ4n) is 4.57. The molecule has 0 aliphatic heterocycles. The molecule has 2 aromatic heterocycles. The molecule has 206 valence electrons. The molecule has 2 aromatic carbocycles. The van der Waals surface area contributed by atoms with Crippen molar-refractivity contribution in [3.8, 4) is 5.88 Å². The predicted octanol–water partition coefficient (Wildman–Crippen LogP) is 4.24. The molecule has 1 amide bonds. The Morgan fingerprint density at radius 1 is 1.21 bits per heavy atom. The highest BCUT2D eigenvalue weighted by Gasteiger charge is 2.34. The number of rotatable bonds is 10. The van der Waals surface area contributed by atoms with Gasteiger partial charge in [-0.3, -0.25) is 9.36 Å². The molecule has 2 N–H and O–H groups in total. The Labute approximate surface area is 231 Å². The zero-order valence-corrected chi connectivity index (χ0v) is 23.2. The van der Waals surface area contributed by atoms with Crippen LogP contribution < -0.4 is 16.2 Å². The Balaban J connectivity index is 1.96. The maximum Gasteiger partial charge on any atom is 0.352 e. The molecule has 0 unspecified atom stereocenters. The highest BCUT2D eigenvalue weighted by atomic mass is 35.5. The number of aryl methyl sites for hydroxylation is 1. The second-order valence-corrected chi connectivity index (χ2v) is 10.1. The third-order valence-electron chi connectivity index (χ3n) is 6.58. The van der Waals surface area contributed by atoms with E-state index >= 15 is 0 Å². The minimum Gasteiger partial charge on any atom is -0.479 e. The number of nitrogens with two attached hydrogens (primary N) is 1. The summed E-state index contributed by atoms with van der Waals surface area (Å²) in [5.41, 5.74) is 6.96. The molecule has 9 nitrogen and oxygen atoms in total. The minimum absolute atomic E-state index is 0.0666. The molecule has 4 aromatic rings. The first-order valence-electron chi connectivity index (χ1n) is 12.7. The highest BCUT2D eigenvalue weighted by Crippen LogP contribution is 2.32. The number of benzene rings is 2. The number of aromatic nitrogens is 4. The zero-order chi connectivity index (χ0) is 28.3. The number of halogens is 2. The predicted molar refractivity (Wildman–Crippen MR) is 148 cm³/mol. The van der Waals surface area contributed by atoms with Crippen molar-refractivity contribution in [2.45, 2.75) is 39.8 Å². The van der Waals surface area contributed by atoms with E-state index in [1.807, 2.05) is 44.2 Å². The van der Waals surface area contributed by atoms with Crippen molar-refractivity contribution in [3.05, 3.63) is 92.4 Å². The average molecular weight is 555 g/mol. The van der Waals surface area contributed by atoms with Crippen LogP contribution in [0.25, 0.3) is 5.65 Å². The SMILES string of the molecule is COc1nn2c(=O)n(Cc3ccccc3)c([C@@H](C(C)C)N(CCCN)C(=O)c3ccc(C)c(F)c3)nc2c1Cl. The molecule has 0 radical (unpaired) electrons. The van der Waals surface area contributed by atoms with Gasteiger partial charge < -0.3 is 15.4 Å². The van der Waals surface area contributed by atoms with Gasteiger partial charge in [0, 0.05) is 12.1 Å². The molecule has 0 saturated carbocycles. The van der Waals surface area contributed by atoms with Crippen LogP contribution in [0.15, 0.2) is 53.3 Å². The first-order valence-corrected chi connectivity index (χ1v) is 13.1. The molecule has 2 heterocycles. The number of fused-ring (bicyclic) bond motifs is 1. The van der Waals surface area contributed by atoms with Crippen LogP contribution in [-0.2, 0) is 6.54 Å². The molecular formula is C28H32ClFN6O3. The van der Waals surface area contributed by atoms with E-state index in [4.69, 9.17) is 27.1 Å². The van der Waals surface area contributed by atoms with Crippen molar-refractivity contribution in [2.75, 3.05) is 20.2 Å². The maximum absolute atomic E-state index is 14.5. The summed E-state index contributed by atoms with van der Waals surface area (Å²) >= 11 is 6.49. The van der Waals surface area contributed by atoms with Gasteiger partial charge in [0.1, 0.15) is 16.7 Å². The van der Waals surface area contributed by atoms with Gasteiger partial charge in [0.25, 0.3) is 11.8 Å². The lowest BCUT2D eigenvalue weighted by molar-refractivity contribution is 0.0601. The van der Waals surface area contributed by atoms with Gasteiger partial charge >= 0.3 is 5.69 Å². The fraction of sp³-hybridized carbons (Fsp3) is 0.357. The molecular weight excluding hydrogens is 523 g/mol. The third kappa shape index (κ3) is 5.67. The van der Waals surface area contributed by atoms with Gasteiger partial charge in [-0.25, -0.2) is 14.2 Å². The fourth-order valence-corrected chi connectivity index (χ4v) is 4.81. The summed E-state index contributed by atoms with van der Waals surface area (Å²) in [4.78, 5) is 34.2. The van der Waals surface area contributed by atoms with E-state index in [9.17, 15) is 14.0 Å². The second-order valence-electron chi connectivity index (χ2n) is 9.68. The quantitative estimate of drug-likeness (QED) is 0.314. The lowest BCUT2D eigenvalue weighted by atomic mass is 9.99. The largest absolute Gasteiger partial charge is 0.479 e. The lowest BCUT2D eigenvalue weighted by Crippen LogP contribution is -2.43. The Morgan fingerprint density at radius 3 is 2.54 bits per heavy atom. The molecule has 1 atom stereocenters. The number of carbonyl (C=O) groups excluding carboxylic acids is 1. The standard InChI is InChI=1S/C28H32ClFN6O3/c1-17(2)23(34(14-8-13-31)27(37)20-12-11-18(3)21(30)15-20)25-32-24-22(29)26(39-4)33-36(24)28(38)35(25)16-19-9-6-5-7-10-19/h5-7,9-12,15,17,23H,8,13-14,16,31H2,1-4H3/t23-/m1/s1. The highest BCUT2D eigenvalue weighted by molar-refractivity contribution is 6.34. The molecule has 0 bridgehead atoms. The second kappa shape index (κ2) is 12.0. The molecule has 0 aliphatic rings. The molecule has 4 rings (SSSR count). The molecule has 0 saturated heterocycles. The van der Waals surface area contributed by atoms with Crippen LogP contribution in [-0.4, -0.2) is 50.2 Å². The van der Waals surface area contributed by atoms with Gasteiger partial charge in [-0.05, 0) is 49.1 Å². The van der Waals surface area contributed by atoms with Crippen molar-refractivity contribution in [3.63, 3.8) is 0 Å². The van der Waals surface area contributed by atoms with Crippen molar-refractivity contribution in [1.82, 2.24) is 24.1 Å². The van der Waals surface area contributed by atoms with Gasteiger partial charge in [-0.15, -0.1) is 5.10 Å². The summed E-state index contributed by atoms with van der Waals surface area (Å²) in [6.45, 7) is 6.30. The number of carbonyl (C=O) groups is 1. The Bertz CT molecular complexity index is 1540. The van der Waals surface area contributed by atoms with Crippen LogP contribution in [0.4, 0.5) is 4.39 Å². The first kappa shape index (κ1) is 28.3. The van der Waals surface area contributed by atoms with Crippen molar-refractivity contribution in [2.24, 2.45) is 11.7 Å². The lowest BCUT2D eigenvalue weighted by Gasteiger charge is -2.35. The van der Waals surface area contributed by atoms with Crippen molar-refractivity contribution < 1.29 is 13.9 Å². The topological polar surface area (TPSA) is 108 Å². The van der Waals surface area contributed by atoms with E-state index in [1.165, 1.54) is 17.7 Å². The number of amides is 1. The van der Waals surface area contributed by atoms with Gasteiger partial charge in [0.15, 0.2) is 5.65 Å². The summed E-state index contributed by atoms with van der Waals surface area (Å²) in [7, 11) is 1.40. The number of nitrogens with zero attached hydrogens (tertiary/aromatic N) is 5. The van der Waals surface area contributed by atoms with Crippen LogP contribution in [0.2, 0.25) is 5.02 Å². The van der Waals surface area contributed by atoms with Crippen molar-refractivity contribution in [1.29, 1.82) is 0 Å². The third-order valence-corrected chi connectivity index (χ3v) is 6.91. The number of hydrogen-bond donors (Lipinski definition) is 1. The Hall–Kier alpha value is -3.76. The molecule has 39 heavy (non-hydrogen) atoms. The molecule has 0 fully saturated rings. The van der Waals surface area contributed by atoms with E-state index in [0.717, 1.165) is 10.1 Å². The maximum atomic E-state index is 14.5. The van der Waals surface area contributed by atoms with Gasteiger partial charge in [-0.1, -0.05) is 61.8 Å². The van der Waals surface area contributed by atoms with Crippen LogP contribution >= 0.6 is 11.6 Å². The van der Waals surface area contributed by atoms with E-state index in [-0.39, 0.29) is 41.1 Å². The van der Waals surface area contributed by atoms with Gasteiger partial charge in [0.05, 0.1) is 19.7 Å². The minimum atomic E-state index is -0.674. The molecule has 11 heteroatoms. The van der Waals surface area contributed by atoms with Crippen LogP contribution in [0.1, 0.15) is 53.6 Å². The van der Waals surface area contributed by atoms with Crippen LogP contribution in [0.5, 0.6) is 5.88 Å². The van der Waals surface area contributed by atoms with Crippen molar-refractivity contribution >= 4 is 23.2 Å². The van der Waals surface area contributed by atoms with Gasteiger partial charge in [0.2, 0.25) is 0 Å². The normalized spacial score (nSPS) is 12.2. The van der Waals surface area contributed by atoms with Gasteiger partial charge in [-0.2, -0.15) is 4.52 Å². The summed E-state index contributed by atoms with van der Waals surface area (Å²) in [6.07, 6.45) is 0.496. The summed E-state index contributed by atoms with van der Waals surface area (Å²) < 4.78 is 22.3. The van der Waals surface area contributed by atoms with E-state index in [1.54, 1.807) is 24.0 Å². The monoisotopic (exact) mass is 554 g/mol. The zero-order valence-electron chi connectivity index (χ0n) is 22.4. The molecule has 0 spiro atoms. The van der Waals surface area contributed by atoms with E-state index in [2.05, 4.69) is 5.10 Å².